The predicted octanol–water partition coefficient (Wildman–Crippen LogP) is 3.03. The molecule has 0 bridgehead atoms. The highest BCUT2D eigenvalue weighted by atomic mass is 19.4. The Morgan fingerprint density at radius 2 is 1.68 bits per heavy atom. The smallest absolute Gasteiger partial charge is 0.388 e. The maximum atomic E-state index is 13.0. The molecule has 1 amide bonds. The summed E-state index contributed by atoms with van der Waals surface area (Å²) in [5.74, 6) is 4.55. The second kappa shape index (κ2) is 10.1. The Morgan fingerprint density at radius 1 is 1.00 bits per heavy atom. The van der Waals surface area contributed by atoms with Crippen LogP contribution in [0.4, 0.5) is 18.9 Å². The quantitative estimate of drug-likeness (QED) is 0.289. The van der Waals surface area contributed by atoms with Crippen LogP contribution in [-0.4, -0.2) is 13.5 Å². The first-order chi connectivity index (χ1) is 11.9. The molecule has 0 radical (unpaired) electrons. The van der Waals surface area contributed by atoms with Crippen molar-refractivity contribution in [2.45, 2.75) is 6.18 Å². The van der Waals surface area contributed by atoms with Crippen LogP contribution in [0.3, 0.4) is 0 Å². The number of benzene rings is 2. The molecule has 5 N–H and O–H groups in total. The molecule has 5 nitrogen and oxygen atoms in total. The Morgan fingerprint density at radius 3 is 2.16 bits per heavy atom. The predicted molar refractivity (Wildman–Crippen MR) is 92.9 cm³/mol. The van der Waals surface area contributed by atoms with Gasteiger partial charge in [-0.3, -0.25) is 16.1 Å². The highest BCUT2D eigenvalue weighted by molar-refractivity contribution is 5.78. The van der Waals surface area contributed by atoms with Gasteiger partial charge in [0, 0.05) is 18.3 Å². The van der Waals surface area contributed by atoms with Crippen LogP contribution in [0.1, 0.15) is 16.7 Å². The number of rotatable bonds is 5. The summed E-state index contributed by atoms with van der Waals surface area (Å²) in [7, 11) is 1.61. The van der Waals surface area contributed by atoms with Crippen molar-refractivity contribution in [1.29, 1.82) is 0 Å². The van der Waals surface area contributed by atoms with Crippen molar-refractivity contribution in [2.75, 3.05) is 12.4 Å². The van der Waals surface area contributed by atoms with Crippen molar-refractivity contribution in [2.24, 2.45) is 5.84 Å². The molecular formula is C17H19F3N4O. The number of nitrogens with two attached hydrogens (primary N) is 1. The molecule has 25 heavy (non-hydrogen) atoms. The lowest BCUT2D eigenvalue weighted by Gasteiger charge is -2.14. The van der Waals surface area contributed by atoms with Crippen LogP contribution in [0.5, 0.6) is 0 Å². The summed E-state index contributed by atoms with van der Waals surface area (Å²) in [6.45, 7) is 0. The van der Waals surface area contributed by atoms with Crippen LogP contribution in [-0.2, 0) is 11.0 Å². The van der Waals surface area contributed by atoms with Gasteiger partial charge in [0.15, 0.2) is 0 Å². The molecule has 0 aliphatic rings. The SMILES string of the molecule is CNc1cccc(C(F)(F)F)c1/C=C/c1ccccc1.NNNC=O. The average molecular weight is 352 g/mol. The van der Waals surface area contributed by atoms with E-state index in [1.54, 1.807) is 19.2 Å². The number of hydrogen-bond acceptors (Lipinski definition) is 4. The number of carbonyl (C=O) groups excluding carboxylic acids is 1. The van der Waals surface area contributed by atoms with E-state index in [1.165, 1.54) is 12.1 Å². The number of anilines is 1. The fourth-order valence-electron chi connectivity index (χ4n) is 1.99. The van der Waals surface area contributed by atoms with E-state index in [9.17, 15) is 13.2 Å². The largest absolute Gasteiger partial charge is 0.417 e. The summed E-state index contributed by atoms with van der Waals surface area (Å²) in [5, 5.41) is 2.79. The van der Waals surface area contributed by atoms with E-state index >= 15 is 0 Å². The van der Waals surface area contributed by atoms with Crippen LogP contribution in [0.25, 0.3) is 12.2 Å². The number of hydrogen-bond donors (Lipinski definition) is 4. The van der Waals surface area contributed by atoms with Gasteiger partial charge < -0.3 is 5.32 Å². The molecular weight excluding hydrogens is 333 g/mol. The van der Waals surface area contributed by atoms with E-state index in [-0.39, 0.29) is 5.56 Å². The number of hydrazine groups is 2. The van der Waals surface area contributed by atoms with Crippen molar-refractivity contribution in [3.05, 3.63) is 65.2 Å². The lowest BCUT2D eigenvalue weighted by atomic mass is 10.0. The van der Waals surface area contributed by atoms with Gasteiger partial charge in [0.2, 0.25) is 6.41 Å². The topological polar surface area (TPSA) is 79.2 Å². The van der Waals surface area contributed by atoms with Crippen molar-refractivity contribution in [3.63, 3.8) is 0 Å². The molecule has 0 heterocycles. The first-order valence-electron chi connectivity index (χ1n) is 7.20. The average Bonchev–Trinajstić information content (AvgIpc) is 2.61. The maximum absolute atomic E-state index is 13.0. The van der Waals surface area contributed by atoms with Gasteiger partial charge in [-0.1, -0.05) is 48.6 Å². The van der Waals surface area contributed by atoms with Crippen LogP contribution in [0.2, 0.25) is 0 Å². The number of carbonyl (C=O) groups is 1. The number of nitrogens with one attached hydrogen (secondary N) is 3. The molecule has 0 spiro atoms. The summed E-state index contributed by atoms with van der Waals surface area (Å²) in [6.07, 6.45) is -0.765. The molecule has 0 aliphatic heterocycles. The monoisotopic (exact) mass is 352 g/mol. The third-order valence-corrected chi connectivity index (χ3v) is 3.07. The Kier molecular flexibility index (Phi) is 8.17. The zero-order valence-electron chi connectivity index (χ0n) is 13.5. The number of amides is 1. The van der Waals surface area contributed by atoms with E-state index in [0.29, 0.717) is 12.1 Å². The molecule has 0 aromatic heterocycles. The van der Waals surface area contributed by atoms with E-state index in [2.05, 4.69) is 11.2 Å². The van der Waals surface area contributed by atoms with Gasteiger partial charge in [-0.05, 0) is 17.7 Å². The molecule has 0 saturated heterocycles. The Hall–Kier alpha value is -2.84. The number of alkyl halides is 3. The minimum absolute atomic E-state index is 0.145. The third-order valence-electron chi connectivity index (χ3n) is 3.07. The van der Waals surface area contributed by atoms with Crippen molar-refractivity contribution < 1.29 is 18.0 Å². The highest BCUT2D eigenvalue weighted by Gasteiger charge is 2.33. The van der Waals surface area contributed by atoms with E-state index in [1.807, 2.05) is 41.3 Å². The summed E-state index contributed by atoms with van der Waals surface area (Å²) < 4.78 is 39.1. The molecule has 0 atom stereocenters. The fraction of sp³-hybridized carbons (Fsp3) is 0.118. The minimum Gasteiger partial charge on any atom is -0.388 e. The van der Waals surface area contributed by atoms with Gasteiger partial charge in [-0.2, -0.15) is 18.7 Å². The number of halogens is 3. The van der Waals surface area contributed by atoms with Gasteiger partial charge in [0.05, 0.1) is 5.56 Å². The van der Waals surface area contributed by atoms with E-state index in [0.717, 1.165) is 11.6 Å². The van der Waals surface area contributed by atoms with Crippen molar-refractivity contribution >= 4 is 24.2 Å². The van der Waals surface area contributed by atoms with Crippen molar-refractivity contribution in [1.82, 2.24) is 11.0 Å². The second-order valence-electron chi connectivity index (χ2n) is 4.67. The molecule has 8 heteroatoms. The summed E-state index contributed by atoms with van der Waals surface area (Å²) in [6, 6.07) is 13.3. The lowest BCUT2D eigenvalue weighted by molar-refractivity contribution is -0.137. The summed E-state index contributed by atoms with van der Waals surface area (Å²) in [4.78, 5) is 9.15. The van der Waals surface area contributed by atoms with Gasteiger partial charge in [0.25, 0.3) is 0 Å². The standard InChI is InChI=1S/C16H14F3N.CH5N3O/c1-20-15-9-5-8-14(16(17,18)19)13(15)11-10-12-6-3-2-4-7-12;2-4-3-1-5/h2-11,20H,1H3;1,4H,2H2,(H,3,5)/b11-10+;. The second-order valence-corrected chi connectivity index (χ2v) is 4.67. The highest BCUT2D eigenvalue weighted by Crippen LogP contribution is 2.36. The van der Waals surface area contributed by atoms with Crippen LogP contribution in [0.15, 0.2) is 48.5 Å². The van der Waals surface area contributed by atoms with E-state index < -0.39 is 11.7 Å². The molecule has 2 aromatic carbocycles. The first kappa shape index (κ1) is 20.2. The fourth-order valence-corrected chi connectivity index (χ4v) is 1.99. The maximum Gasteiger partial charge on any atom is 0.417 e. The van der Waals surface area contributed by atoms with Gasteiger partial charge in [-0.25, -0.2) is 0 Å². The zero-order valence-corrected chi connectivity index (χ0v) is 13.5. The minimum atomic E-state index is -4.37. The summed E-state index contributed by atoms with van der Waals surface area (Å²) >= 11 is 0. The molecule has 0 unspecified atom stereocenters. The van der Waals surface area contributed by atoms with Crippen LogP contribution < -0.4 is 22.1 Å². The molecule has 2 rings (SSSR count). The van der Waals surface area contributed by atoms with Gasteiger partial charge >= 0.3 is 6.18 Å². The van der Waals surface area contributed by atoms with Gasteiger partial charge in [-0.15, -0.1) is 0 Å². The Bertz CT molecular complexity index is 688. The third kappa shape index (κ3) is 6.66. The Labute approximate surface area is 143 Å². The lowest BCUT2D eigenvalue weighted by Crippen LogP contribution is -2.36. The molecule has 0 fully saturated rings. The van der Waals surface area contributed by atoms with Crippen molar-refractivity contribution in [3.8, 4) is 0 Å². The van der Waals surface area contributed by atoms with Crippen LogP contribution >= 0.6 is 0 Å². The first-order valence-corrected chi connectivity index (χ1v) is 7.20. The normalized spacial score (nSPS) is 10.8. The molecule has 0 aliphatic carbocycles. The molecule has 0 saturated carbocycles. The Balaban J connectivity index is 0.000000550. The van der Waals surface area contributed by atoms with Crippen LogP contribution in [0, 0.1) is 0 Å². The molecule has 2 aromatic rings. The summed E-state index contributed by atoms with van der Waals surface area (Å²) in [5.41, 5.74) is 4.66. The van der Waals surface area contributed by atoms with E-state index in [4.69, 9.17) is 4.79 Å². The van der Waals surface area contributed by atoms with Gasteiger partial charge in [0.1, 0.15) is 0 Å². The molecule has 134 valence electrons. The zero-order chi connectivity index (χ0) is 18.7.